The van der Waals surface area contributed by atoms with Crippen molar-refractivity contribution < 1.29 is 8.91 Å². The number of nitrogens with two attached hydrogens (primary N) is 1. The van der Waals surface area contributed by atoms with E-state index in [1.165, 1.54) is 12.1 Å². The number of halogens is 2. The predicted octanol–water partition coefficient (Wildman–Crippen LogP) is 3.05. The van der Waals surface area contributed by atoms with Crippen LogP contribution in [0, 0.1) is 11.7 Å². The number of hydrogen-bond acceptors (Lipinski definition) is 4. The maximum Gasteiger partial charge on any atom is 0.259 e. The number of aromatic nitrogens is 2. The fourth-order valence-electron chi connectivity index (χ4n) is 1.81. The zero-order valence-electron chi connectivity index (χ0n) is 9.44. The van der Waals surface area contributed by atoms with E-state index in [9.17, 15) is 4.39 Å². The molecule has 1 saturated carbocycles. The van der Waals surface area contributed by atoms with Gasteiger partial charge in [0.1, 0.15) is 5.82 Å². The lowest BCUT2D eigenvalue weighted by atomic mass is 10.2. The molecule has 2 N–H and O–H groups in total. The fraction of sp³-hybridized carbons (Fsp3) is 0.333. The molecule has 1 atom stereocenters. The first-order chi connectivity index (χ1) is 8.65. The van der Waals surface area contributed by atoms with Crippen molar-refractivity contribution in [2.75, 3.05) is 0 Å². The summed E-state index contributed by atoms with van der Waals surface area (Å²) >= 11 is 3.33. The van der Waals surface area contributed by atoms with Gasteiger partial charge in [0.15, 0.2) is 5.82 Å². The van der Waals surface area contributed by atoms with Crippen molar-refractivity contribution in [3.05, 3.63) is 34.3 Å². The van der Waals surface area contributed by atoms with Crippen LogP contribution in [0.25, 0.3) is 11.5 Å². The molecule has 1 fully saturated rings. The maximum absolute atomic E-state index is 13.2. The maximum atomic E-state index is 13.2. The van der Waals surface area contributed by atoms with E-state index in [2.05, 4.69) is 26.1 Å². The van der Waals surface area contributed by atoms with Crippen molar-refractivity contribution >= 4 is 15.9 Å². The molecule has 4 nitrogen and oxygen atoms in total. The minimum absolute atomic E-state index is 0.185. The van der Waals surface area contributed by atoms with Crippen LogP contribution in [0.2, 0.25) is 0 Å². The summed E-state index contributed by atoms with van der Waals surface area (Å²) in [6.45, 7) is 0. The molecule has 1 heterocycles. The summed E-state index contributed by atoms with van der Waals surface area (Å²) in [5.41, 5.74) is 6.53. The van der Waals surface area contributed by atoms with E-state index in [-0.39, 0.29) is 17.7 Å². The highest BCUT2D eigenvalue weighted by atomic mass is 79.9. The van der Waals surface area contributed by atoms with Crippen LogP contribution >= 0.6 is 15.9 Å². The molecular formula is C12H11BrFN3O. The number of nitrogens with zero attached hydrogens (tertiary/aromatic N) is 2. The van der Waals surface area contributed by atoms with Gasteiger partial charge in [0.05, 0.1) is 11.6 Å². The Labute approximate surface area is 112 Å². The van der Waals surface area contributed by atoms with Crippen LogP contribution in [-0.4, -0.2) is 10.1 Å². The first-order valence-corrected chi connectivity index (χ1v) is 6.49. The van der Waals surface area contributed by atoms with Crippen LogP contribution in [0.5, 0.6) is 0 Å². The third-order valence-corrected chi connectivity index (χ3v) is 3.72. The summed E-state index contributed by atoms with van der Waals surface area (Å²) in [7, 11) is 0. The first kappa shape index (κ1) is 11.8. The average molecular weight is 312 g/mol. The van der Waals surface area contributed by atoms with Gasteiger partial charge in [-0.3, -0.25) is 0 Å². The Balaban J connectivity index is 1.94. The minimum Gasteiger partial charge on any atom is -0.334 e. The van der Waals surface area contributed by atoms with Crippen molar-refractivity contribution in [2.24, 2.45) is 11.7 Å². The van der Waals surface area contributed by atoms with Crippen molar-refractivity contribution in [1.82, 2.24) is 10.1 Å². The molecule has 1 aliphatic rings. The van der Waals surface area contributed by atoms with Crippen LogP contribution < -0.4 is 5.73 Å². The predicted molar refractivity (Wildman–Crippen MR) is 67.0 cm³/mol. The smallest absolute Gasteiger partial charge is 0.259 e. The fourth-order valence-corrected chi connectivity index (χ4v) is 2.22. The Morgan fingerprint density at radius 1 is 1.44 bits per heavy atom. The van der Waals surface area contributed by atoms with Crippen molar-refractivity contribution in [1.29, 1.82) is 0 Å². The number of rotatable bonds is 3. The molecular weight excluding hydrogens is 301 g/mol. The Hall–Kier alpha value is -1.27. The van der Waals surface area contributed by atoms with Crippen molar-refractivity contribution in [3.63, 3.8) is 0 Å². The molecule has 0 spiro atoms. The van der Waals surface area contributed by atoms with Gasteiger partial charge in [-0.1, -0.05) is 5.16 Å². The summed E-state index contributed by atoms with van der Waals surface area (Å²) in [4.78, 5) is 4.24. The molecule has 0 aliphatic heterocycles. The Kier molecular flexibility index (Phi) is 2.91. The molecule has 1 unspecified atom stereocenters. The molecule has 18 heavy (non-hydrogen) atoms. The molecule has 1 aliphatic carbocycles. The molecule has 0 radical (unpaired) electrons. The van der Waals surface area contributed by atoms with Crippen LogP contribution in [0.15, 0.2) is 27.2 Å². The topological polar surface area (TPSA) is 64.9 Å². The van der Waals surface area contributed by atoms with E-state index < -0.39 is 0 Å². The van der Waals surface area contributed by atoms with Gasteiger partial charge in [0.2, 0.25) is 0 Å². The molecule has 0 amide bonds. The number of benzene rings is 1. The van der Waals surface area contributed by atoms with Crippen molar-refractivity contribution in [2.45, 2.75) is 18.9 Å². The highest BCUT2D eigenvalue weighted by Crippen LogP contribution is 2.39. The van der Waals surface area contributed by atoms with Gasteiger partial charge in [0.25, 0.3) is 5.89 Å². The van der Waals surface area contributed by atoms with Crippen LogP contribution in [0.4, 0.5) is 4.39 Å². The standard InChI is InChI=1S/C12H11BrFN3O/c13-9-4-3-7(14)5-8(9)12-16-11(17-18-12)10(15)6-1-2-6/h3-6,10H,1-2,15H2. The average Bonchev–Trinajstić information content (AvgIpc) is 3.09. The number of hydrogen-bond donors (Lipinski definition) is 1. The molecule has 6 heteroatoms. The Morgan fingerprint density at radius 2 is 2.22 bits per heavy atom. The molecule has 2 aromatic rings. The second-order valence-corrected chi connectivity index (χ2v) is 5.30. The largest absolute Gasteiger partial charge is 0.334 e. The SMILES string of the molecule is NC(c1noc(-c2cc(F)ccc2Br)n1)C1CC1. The van der Waals surface area contributed by atoms with E-state index >= 15 is 0 Å². The summed E-state index contributed by atoms with van der Waals surface area (Å²) in [6.07, 6.45) is 2.21. The van der Waals surface area contributed by atoms with Crippen molar-refractivity contribution in [3.8, 4) is 11.5 Å². The minimum atomic E-state index is -0.348. The quantitative estimate of drug-likeness (QED) is 0.946. The van der Waals surface area contributed by atoms with E-state index in [0.29, 0.717) is 21.8 Å². The monoisotopic (exact) mass is 311 g/mol. The summed E-state index contributed by atoms with van der Waals surface area (Å²) in [6, 6.07) is 4.13. The summed E-state index contributed by atoms with van der Waals surface area (Å²) < 4.78 is 19.1. The Bertz CT molecular complexity index is 582. The van der Waals surface area contributed by atoms with E-state index in [1.807, 2.05) is 0 Å². The zero-order valence-corrected chi connectivity index (χ0v) is 11.0. The van der Waals surface area contributed by atoms with Crippen LogP contribution in [0.1, 0.15) is 24.7 Å². The lowest BCUT2D eigenvalue weighted by Gasteiger charge is -2.02. The summed E-state index contributed by atoms with van der Waals surface area (Å²) in [5, 5.41) is 3.87. The zero-order chi connectivity index (χ0) is 12.7. The highest BCUT2D eigenvalue weighted by Gasteiger charge is 2.32. The van der Waals surface area contributed by atoms with E-state index in [1.54, 1.807) is 6.07 Å². The van der Waals surface area contributed by atoms with Gasteiger partial charge in [-0.25, -0.2) is 4.39 Å². The first-order valence-electron chi connectivity index (χ1n) is 5.70. The van der Waals surface area contributed by atoms with Gasteiger partial charge in [-0.15, -0.1) is 0 Å². The lowest BCUT2D eigenvalue weighted by Crippen LogP contribution is -2.13. The lowest BCUT2D eigenvalue weighted by molar-refractivity contribution is 0.411. The van der Waals surface area contributed by atoms with Crippen LogP contribution in [-0.2, 0) is 0 Å². The van der Waals surface area contributed by atoms with Gasteiger partial charge in [-0.2, -0.15) is 4.98 Å². The molecule has 1 aromatic heterocycles. The van der Waals surface area contributed by atoms with Gasteiger partial charge < -0.3 is 10.3 Å². The summed E-state index contributed by atoms with van der Waals surface area (Å²) in [5.74, 6) is 0.877. The molecule has 0 saturated heterocycles. The third-order valence-electron chi connectivity index (χ3n) is 3.03. The third kappa shape index (κ3) is 2.18. The van der Waals surface area contributed by atoms with Gasteiger partial charge >= 0.3 is 0 Å². The second kappa shape index (κ2) is 4.44. The second-order valence-electron chi connectivity index (χ2n) is 4.45. The van der Waals surface area contributed by atoms with Crippen LogP contribution in [0.3, 0.4) is 0 Å². The van der Waals surface area contributed by atoms with E-state index in [0.717, 1.165) is 12.8 Å². The molecule has 0 bridgehead atoms. The molecule has 1 aromatic carbocycles. The highest BCUT2D eigenvalue weighted by molar-refractivity contribution is 9.10. The van der Waals surface area contributed by atoms with Gasteiger partial charge in [-0.05, 0) is 52.9 Å². The Morgan fingerprint density at radius 3 is 2.94 bits per heavy atom. The van der Waals surface area contributed by atoms with E-state index in [4.69, 9.17) is 10.3 Å². The molecule has 3 rings (SSSR count). The van der Waals surface area contributed by atoms with Gasteiger partial charge in [0, 0.05) is 4.47 Å². The normalized spacial score (nSPS) is 16.8. The molecule has 94 valence electrons.